The number of fused-ring (bicyclic) bond motifs is 1. The van der Waals surface area contributed by atoms with E-state index < -0.39 is 12.1 Å². The molecule has 3 aromatic rings. The molecular weight excluding hydrogens is 581 g/mol. The number of carboxylic acid groups (broad SMARTS) is 1. The van der Waals surface area contributed by atoms with Crippen molar-refractivity contribution in [2.45, 2.75) is 38.5 Å². The Bertz CT molecular complexity index is 1470. The lowest BCUT2D eigenvalue weighted by atomic mass is 10.1. The number of likely N-dealkylation sites (tertiary alicyclic amines) is 1. The van der Waals surface area contributed by atoms with Crippen LogP contribution in [0.3, 0.4) is 0 Å². The van der Waals surface area contributed by atoms with Crippen LogP contribution in [0, 0.1) is 5.41 Å². The van der Waals surface area contributed by atoms with Gasteiger partial charge < -0.3 is 20.2 Å². The van der Waals surface area contributed by atoms with E-state index in [0.717, 1.165) is 42.6 Å². The molecule has 2 aliphatic heterocycles. The Kier molecular flexibility index (Phi) is 9.34. The van der Waals surface area contributed by atoms with Gasteiger partial charge in [-0.1, -0.05) is 41.9 Å². The van der Waals surface area contributed by atoms with Gasteiger partial charge in [0.25, 0.3) is 11.8 Å². The number of nitrogens with one attached hydrogen (secondary N) is 2. The number of aliphatic carboxylic acids is 1. The van der Waals surface area contributed by atoms with Crippen molar-refractivity contribution in [1.29, 1.82) is 5.41 Å². The van der Waals surface area contributed by atoms with E-state index in [4.69, 9.17) is 26.9 Å². The number of hydrogen-bond donors (Lipinski definition) is 3. The predicted molar refractivity (Wildman–Crippen MR) is 150 cm³/mol. The number of halogens is 4. The van der Waals surface area contributed by atoms with Crippen LogP contribution in [0.1, 0.15) is 49.6 Å². The molecule has 1 saturated heterocycles. The van der Waals surface area contributed by atoms with E-state index in [9.17, 15) is 22.8 Å². The van der Waals surface area contributed by atoms with Crippen molar-refractivity contribution >= 4 is 52.2 Å². The Balaban J connectivity index is 0.000000493. The molecular formula is C28H26ClF3N4O4S. The number of amidine groups is 1. The van der Waals surface area contributed by atoms with Gasteiger partial charge in [-0.25, -0.2) is 4.79 Å². The molecule has 2 aromatic carbocycles. The third kappa shape index (κ3) is 7.65. The van der Waals surface area contributed by atoms with Gasteiger partial charge in [0.2, 0.25) is 0 Å². The van der Waals surface area contributed by atoms with E-state index >= 15 is 0 Å². The molecule has 1 aromatic heterocycles. The molecule has 0 aliphatic carbocycles. The zero-order valence-electron chi connectivity index (χ0n) is 21.6. The average Bonchev–Trinajstić information content (AvgIpc) is 3.67. The molecule has 0 radical (unpaired) electrons. The van der Waals surface area contributed by atoms with Gasteiger partial charge in [0.1, 0.15) is 5.84 Å². The second-order valence-electron chi connectivity index (χ2n) is 9.49. The molecule has 0 bridgehead atoms. The van der Waals surface area contributed by atoms with Crippen LogP contribution in [-0.4, -0.2) is 57.8 Å². The fourth-order valence-corrected chi connectivity index (χ4v) is 5.54. The van der Waals surface area contributed by atoms with E-state index in [2.05, 4.69) is 16.3 Å². The molecule has 0 saturated carbocycles. The van der Waals surface area contributed by atoms with Gasteiger partial charge >= 0.3 is 12.1 Å². The lowest BCUT2D eigenvalue weighted by molar-refractivity contribution is -0.192. The highest BCUT2D eigenvalue weighted by Gasteiger charge is 2.38. The van der Waals surface area contributed by atoms with Crippen molar-refractivity contribution in [2.24, 2.45) is 0 Å². The highest BCUT2D eigenvalue weighted by atomic mass is 35.5. The zero-order valence-corrected chi connectivity index (χ0v) is 23.2. The van der Waals surface area contributed by atoms with Gasteiger partial charge in [0.05, 0.1) is 9.21 Å². The molecule has 3 N–H and O–H groups in total. The highest BCUT2D eigenvalue weighted by molar-refractivity contribution is 7.18. The molecule has 8 nitrogen and oxygen atoms in total. The number of nitrogens with zero attached hydrogens (tertiary/aromatic N) is 2. The molecule has 0 spiro atoms. The maximum Gasteiger partial charge on any atom is 0.490 e. The van der Waals surface area contributed by atoms with Gasteiger partial charge in [-0.15, -0.1) is 11.3 Å². The number of amides is 2. The Morgan fingerprint density at radius 2 is 1.71 bits per heavy atom. The highest BCUT2D eigenvalue weighted by Crippen LogP contribution is 2.31. The molecule has 2 aliphatic rings. The van der Waals surface area contributed by atoms with Crippen molar-refractivity contribution in [3.8, 4) is 0 Å². The van der Waals surface area contributed by atoms with Gasteiger partial charge in [-0.05, 0) is 48.2 Å². The quantitative estimate of drug-likeness (QED) is 0.233. The Hall–Kier alpha value is -3.90. The van der Waals surface area contributed by atoms with Crippen LogP contribution >= 0.6 is 22.9 Å². The van der Waals surface area contributed by atoms with Gasteiger partial charge in [0.15, 0.2) is 0 Å². The number of rotatable bonds is 6. The number of carbonyl (C=O) groups is 3. The average molecular weight is 607 g/mol. The zero-order chi connectivity index (χ0) is 29.7. The predicted octanol–water partition coefficient (Wildman–Crippen LogP) is 6.06. The number of hydrogen-bond acceptors (Lipinski definition) is 5. The monoisotopic (exact) mass is 606 g/mol. The molecule has 5 rings (SSSR count). The van der Waals surface area contributed by atoms with E-state index in [1.807, 2.05) is 30.3 Å². The third-order valence-electron chi connectivity index (χ3n) is 6.55. The molecule has 216 valence electrons. The fraction of sp³-hybridized carbons (Fsp3) is 0.286. The summed E-state index contributed by atoms with van der Waals surface area (Å²) in [5.74, 6) is -2.37. The molecule has 41 heavy (non-hydrogen) atoms. The molecule has 0 unspecified atom stereocenters. The maximum atomic E-state index is 13.1. The van der Waals surface area contributed by atoms with Crippen molar-refractivity contribution in [3.05, 3.63) is 86.1 Å². The maximum absolute atomic E-state index is 13.1. The minimum Gasteiger partial charge on any atom is -0.475 e. The Morgan fingerprint density at radius 1 is 1.05 bits per heavy atom. The summed E-state index contributed by atoms with van der Waals surface area (Å²) in [6.45, 7) is 2.85. The Labute approximate surface area is 242 Å². The normalized spacial score (nSPS) is 14.4. The summed E-state index contributed by atoms with van der Waals surface area (Å²) < 4.78 is 32.3. The second kappa shape index (κ2) is 12.7. The fourth-order valence-electron chi connectivity index (χ4n) is 4.61. The van der Waals surface area contributed by atoms with Gasteiger partial charge in [-0.2, -0.15) is 13.2 Å². The number of benzene rings is 2. The first kappa shape index (κ1) is 30.1. The summed E-state index contributed by atoms with van der Waals surface area (Å²) in [6, 6.07) is 17.0. The Morgan fingerprint density at radius 3 is 2.34 bits per heavy atom. The van der Waals surface area contributed by atoms with E-state index in [1.165, 1.54) is 11.3 Å². The molecule has 3 heterocycles. The van der Waals surface area contributed by atoms with Crippen molar-refractivity contribution in [3.63, 3.8) is 0 Å². The summed E-state index contributed by atoms with van der Waals surface area (Å²) in [5.41, 5.74) is 4.22. The van der Waals surface area contributed by atoms with E-state index in [0.29, 0.717) is 45.8 Å². The van der Waals surface area contributed by atoms with E-state index in [1.54, 1.807) is 23.1 Å². The smallest absolute Gasteiger partial charge is 0.475 e. The summed E-state index contributed by atoms with van der Waals surface area (Å²) >= 11 is 7.18. The van der Waals surface area contributed by atoms with Crippen molar-refractivity contribution in [2.75, 3.05) is 18.4 Å². The summed E-state index contributed by atoms with van der Waals surface area (Å²) in [4.78, 5) is 39.1. The van der Waals surface area contributed by atoms with Gasteiger partial charge in [-0.3, -0.25) is 15.0 Å². The number of anilines is 1. The number of carbonyl (C=O) groups excluding carboxylic acids is 2. The minimum atomic E-state index is -5.08. The molecule has 1 fully saturated rings. The van der Waals surface area contributed by atoms with Crippen LogP contribution < -0.4 is 5.32 Å². The first-order valence-corrected chi connectivity index (χ1v) is 13.8. The van der Waals surface area contributed by atoms with Crippen LogP contribution in [0.15, 0.2) is 54.6 Å². The lowest BCUT2D eigenvalue weighted by Gasteiger charge is -2.19. The number of thiophene rings is 1. The SMILES string of the molecule is N=C(Cc1cccc(CN2Cc3c(NC(=O)c4ccc(Cl)s4)cccc3C2=O)c1)N1CCCC1.O=C(O)C(F)(F)F. The summed E-state index contributed by atoms with van der Waals surface area (Å²) in [7, 11) is 0. The van der Waals surface area contributed by atoms with E-state index in [-0.39, 0.29) is 11.8 Å². The van der Waals surface area contributed by atoms with Crippen molar-refractivity contribution < 1.29 is 32.7 Å². The summed E-state index contributed by atoms with van der Waals surface area (Å²) in [5, 5.41) is 18.5. The third-order valence-corrected chi connectivity index (χ3v) is 7.78. The second-order valence-corrected chi connectivity index (χ2v) is 11.2. The topological polar surface area (TPSA) is 114 Å². The number of alkyl halides is 3. The summed E-state index contributed by atoms with van der Waals surface area (Å²) in [6.07, 6.45) is -2.17. The van der Waals surface area contributed by atoms with Crippen LogP contribution in [-0.2, 0) is 24.3 Å². The first-order valence-electron chi connectivity index (χ1n) is 12.6. The van der Waals surface area contributed by atoms with Crippen LogP contribution in [0.2, 0.25) is 4.34 Å². The molecule has 2 amide bonds. The van der Waals surface area contributed by atoms with Crippen LogP contribution in [0.5, 0.6) is 0 Å². The lowest BCUT2D eigenvalue weighted by Crippen LogP contribution is -2.28. The first-order chi connectivity index (χ1) is 19.4. The number of carboxylic acids is 1. The van der Waals surface area contributed by atoms with Crippen LogP contribution in [0.4, 0.5) is 18.9 Å². The standard InChI is InChI=1S/C26H25ClN4O2S.C2HF3O2/c27-23-10-9-22(34-23)25(32)29-21-8-4-7-19-20(21)16-31(26(19)33)15-18-6-3-5-17(13-18)14-24(28)30-11-1-2-12-30;3-2(4,5)1(6)7/h3-10,13,28H,1-2,11-12,14-16H2,(H,29,32);(H,6,7). The minimum absolute atomic E-state index is 0.0412. The van der Waals surface area contributed by atoms with Gasteiger partial charge in [0, 0.05) is 49.4 Å². The molecule has 0 atom stereocenters. The largest absolute Gasteiger partial charge is 0.490 e. The van der Waals surface area contributed by atoms with Crippen LogP contribution in [0.25, 0.3) is 0 Å². The molecule has 13 heteroatoms. The van der Waals surface area contributed by atoms with Crippen molar-refractivity contribution in [1.82, 2.24) is 9.80 Å².